The van der Waals surface area contributed by atoms with Crippen LogP contribution in [0.15, 0.2) is 36.5 Å². The number of benzene rings is 1. The summed E-state index contributed by atoms with van der Waals surface area (Å²) >= 11 is 0. The second kappa shape index (κ2) is 8.57. The van der Waals surface area contributed by atoms with E-state index in [1.54, 1.807) is 24.3 Å². The van der Waals surface area contributed by atoms with Gasteiger partial charge in [-0.05, 0) is 41.0 Å². The maximum atomic E-state index is 12.9. The molecule has 0 radical (unpaired) electrons. The maximum absolute atomic E-state index is 12.9. The van der Waals surface area contributed by atoms with Gasteiger partial charge in [0.2, 0.25) is 29.6 Å². The molecule has 0 atom stereocenters. The number of aryl methyl sites for hydroxylation is 1. The average Bonchev–Trinajstić information content (AvgIpc) is 3.13. The Balaban J connectivity index is 1.97. The molecule has 2 aromatic heterocycles. The lowest BCUT2D eigenvalue weighted by Gasteiger charge is -2.11. The first-order chi connectivity index (χ1) is 14.0. The molecule has 1 aromatic carbocycles. The molecular weight excluding hydrogens is 378 g/mol. The van der Waals surface area contributed by atoms with Gasteiger partial charge in [-0.15, -0.1) is 4.85 Å². The van der Waals surface area contributed by atoms with Crippen LogP contribution in [0.25, 0.3) is 16.9 Å². The number of aliphatic hydroxyl groups is 1. The summed E-state index contributed by atoms with van der Waals surface area (Å²) in [6, 6.07) is 8.63. The number of pyridine rings is 1. The molecule has 3 rings (SSSR count). The van der Waals surface area contributed by atoms with Crippen molar-refractivity contribution in [2.45, 2.75) is 13.5 Å². The SMILES string of the molecule is COc1ccc(-c2cnn(-c3ccc(C)c(CNC(=O)CO)c3)[n+]2[O-])c(OC)n1. The van der Waals surface area contributed by atoms with Gasteiger partial charge in [0.25, 0.3) is 0 Å². The van der Waals surface area contributed by atoms with Crippen LogP contribution in [0.2, 0.25) is 0 Å². The van der Waals surface area contributed by atoms with Crippen LogP contribution >= 0.6 is 0 Å². The summed E-state index contributed by atoms with van der Waals surface area (Å²) in [4.78, 5) is 17.3. The third-order valence-corrected chi connectivity index (χ3v) is 4.36. The highest BCUT2D eigenvalue weighted by Gasteiger charge is 2.21. The fourth-order valence-electron chi connectivity index (χ4n) is 2.76. The Labute approximate surface area is 166 Å². The Morgan fingerprint density at radius 3 is 2.76 bits per heavy atom. The maximum Gasteiger partial charge on any atom is 0.245 e. The number of nitrogens with one attached hydrogen (secondary N) is 1. The van der Waals surface area contributed by atoms with Crippen LogP contribution in [-0.4, -0.2) is 46.7 Å². The summed E-state index contributed by atoms with van der Waals surface area (Å²) in [5, 5.41) is 28.5. The molecule has 0 fully saturated rings. The first-order valence-electron chi connectivity index (χ1n) is 8.73. The van der Waals surface area contributed by atoms with Gasteiger partial charge in [-0.25, -0.2) is 0 Å². The largest absolute Gasteiger partial charge is 0.692 e. The van der Waals surface area contributed by atoms with Crippen molar-refractivity contribution in [1.82, 2.24) is 20.2 Å². The minimum absolute atomic E-state index is 0.224. The van der Waals surface area contributed by atoms with E-state index in [1.807, 2.05) is 13.0 Å². The number of rotatable bonds is 7. The minimum Gasteiger partial charge on any atom is -0.692 e. The van der Waals surface area contributed by atoms with E-state index in [0.717, 1.165) is 11.1 Å². The Morgan fingerprint density at radius 1 is 1.28 bits per heavy atom. The lowest BCUT2D eigenvalue weighted by Crippen LogP contribution is -2.38. The van der Waals surface area contributed by atoms with Crippen LogP contribution in [0.4, 0.5) is 0 Å². The van der Waals surface area contributed by atoms with Crippen molar-refractivity contribution in [2.75, 3.05) is 20.8 Å². The van der Waals surface area contributed by atoms with Gasteiger partial charge in [-0.3, -0.25) is 4.79 Å². The fourth-order valence-corrected chi connectivity index (χ4v) is 2.76. The van der Waals surface area contributed by atoms with Gasteiger partial charge in [0.05, 0.1) is 19.8 Å². The monoisotopic (exact) mass is 399 g/mol. The van der Waals surface area contributed by atoms with E-state index >= 15 is 0 Å². The second-order valence-corrected chi connectivity index (χ2v) is 6.15. The number of methoxy groups -OCH3 is 2. The lowest BCUT2D eigenvalue weighted by atomic mass is 10.1. The van der Waals surface area contributed by atoms with Gasteiger partial charge >= 0.3 is 0 Å². The van der Waals surface area contributed by atoms with E-state index in [-0.39, 0.29) is 18.1 Å². The molecule has 2 heterocycles. The van der Waals surface area contributed by atoms with Crippen molar-refractivity contribution in [3.63, 3.8) is 0 Å². The number of hydrogen-bond acceptors (Lipinski definition) is 7. The van der Waals surface area contributed by atoms with Gasteiger partial charge in [0, 0.05) is 17.7 Å². The number of carbonyl (C=O) groups is 1. The molecule has 152 valence electrons. The molecule has 0 unspecified atom stereocenters. The van der Waals surface area contributed by atoms with Gasteiger partial charge in [-0.2, -0.15) is 4.98 Å². The van der Waals surface area contributed by atoms with E-state index in [9.17, 15) is 10.0 Å². The van der Waals surface area contributed by atoms with Gasteiger partial charge < -0.3 is 25.1 Å². The molecule has 29 heavy (non-hydrogen) atoms. The molecule has 0 aliphatic rings. The predicted octanol–water partition coefficient (Wildman–Crippen LogP) is 0.502. The highest BCUT2D eigenvalue weighted by Crippen LogP contribution is 2.28. The zero-order chi connectivity index (χ0) is 21.0. The van der Waals surface area contributed by atoms with Crippen molar-refractivity contribution in [3.8, 4) is 28.7 Å². The van der Waals surface area contributed by atoms with Crippen LogP contribution in [0.3, 0.4) is 0 Å². The van der Waals surface area contributed by atoms with Gasteiger partial charge in [0.1, 0.15) is 12.3 Å². The van der Waals surface area contributed by atoms with Crippen LogP contribution in [0.5, 0.6) is 11.8 Å². The van der Waals surface area contributed by atoms with E-state index < -0.39 is 12.5 Å². The van der Waals surface area contributed by atoms with E-state index in [4.69, 9.17) is 14.6 Å². The number of ether oxygens (including phenoxy) is 2. The Bertz CT molecular complexity index is 1030. The molecule has 0 spiro atoms. The number of hydrogen-bond donors (Lipinski definition) is 2. The van der Waals surface area contributed by atoms with Crippen molar-refractivity contribution < 1.29 is 24.2 Å². The molecular formula is C19H21N5O5. The van der Waals surface area contributed by atoms with Gasteiger partial charge in [0.15, 0.2) is 0 Å². The molecule has 0 saturated heterocycles. The molecule has 10 heteroatoms. The molecule has 3 aromatic rings. The van der Waals surface area contributed by atoms with Crippen molar-refractivity contribution >= 4 is 5.91 Å². The molecule has 1 amide bonds. The van der Waals surface area contributed by atoms with E-state index in [1.165, 1.54) is 25.2 Å². The third-order valence-electron chi connectivity index (χ3n) is 4.36. The van der Waals surface area contributed by atoms with Crippen molar-refractivity contribution in [3.05, 3.63) is 52.9 Å². The number of nitrogens with zero attached hydrogens (tertiary/aromatic N) is 4. The Kier molecular flexibility index (Phi) is 5.93. The summed E-state index contributed by atoms with van der Waals surface area (Å²) in [6.07, 6.45) is 1.42. The lowest BCUT2D eigenvalue weighted by molar-refractivity contribution is -0.678. The Hall–Kier alpha value is -3.66. The van der Waals surface area contributed by atoms with Crippen molar-refractivity contribution in [2.24, 2.45) is 0 Å². The Morgan fingerprint density at radius 2 is 2.07 bits per heavy atom. The predicted molar refractivity (Wildman–Crippen MR) is 103 cm³/mol. The minimum atomic E-state index is -0.584. The number of aliphatic hydroxyl groups excluding tert-OH is 1. The van der Waals surface area contributed by atoms with Gasteiger partial charge in [-0.1, -0.05) is 6.07 Å². The standard InChI is InChI=1S/C19H21N5O5/c1-12-4-5-14(8-13(12)9-20-17(26)11-25)23-21-10-16(24(23)27)15-6-7-18(28-2)22-19(15)29-3/h4-8,10,25H,9,11H2,1-3H3,(H,20,26). The molecule has 2 N–H and O–H groups in total. The van der Waals surface area contributed by atoms with Crippen molar-refractivity contribution in [1.29, 1.82) is 0 Å². The number of aromatic nitrogens is 4. The third kappa shape index (κ3) is 4.11. The first-order valence-corrected chi connectivity index (χ1v) is 8.73. The number of carbonyl (C=O) groups excluding carboxylic acids is 1. The van der Waals surface area contributed by atoms with Crippen LogP contribution in [0, 0.1) is 12.1 Å². The van der Waals surface area contributed by atoms with E-state index in [0.29, 0.717) is 22.0 Å². The van der Waals surface area contributed by atoms with Crippen LogP contribution in [-0.2, 0) is 11.3 Å². The zero-order valence-corrected chi connectivity index (χ0v) is 16.2. The fraction of sp³-hybridized carbons (Fsp3) is 0.263. The average molecular weight is 399 g/mol. The quantitative estimate of drug-likeness (QED) is 0.438. The molecule has 0 aliphatic carbocycles. The highest BCUT2D eigenvalue weighted by molar-refractivity contribution is 5.76. The number of amides is 1. The summed E-state index contributed by atoms with van der Waals surface area (Å²) in [5.74, 6) is 0.127. The highest BCUT2D eigenvalue weighted by atomic mass is 16.5. The second-order valence-electron chi connectivity index (χ2n) is 6.15. The first kappa shape index (κ1) is 20.1. The molecule has 10 nitrogen and oxygen atoms in total. The van der Waals surface area contributed by atoms with Crippen LogP contribution < -0.4 is 19.6 Å². The smallest absolute Gasteiger partial charge is 0.245 e. The van der Waals surface area contributed by atoms with Crippen LogP contribution in [0.1, 0.15) is 11.1 Å². The summed E-state index contributed by atoms with van der Waals surface area (Å²) < 4.78 is 10.4. The summed E-state index contributed by atoms with van der Waals surface area (Å²) in [7, 11) is 2.95. The molecule has 0 bridgehead atoms. The summed E-state index contributed by atoms with van der Waals surface area (Å²) in [5.41, 5.74) is 2.97. The van der Waals surface area contributed by atoms with E-state index in [2.05, 4.69) is 15.4 Å². The topological polar surface area (TPSA) is 125 Å². The molecule has 0 aliphatic heterocycles. The normalized spacial score (nSPS) is 10.6. The zero-order valence-electron chi connectivity index (χ0n) is 16.2. The molecule has 0 saturated carbocycles. The summed E-state index contributed by atoms with van der Waals surface area (Å²) in [6.45, 7) is 1.53.